The Bertz CT molecular complexity index is 944. The minimum atomic E-state index is -0.00515. The number of hydrogen-bond acceptors (Lipinski definition) is 7. The molecule has 8 nitrogen and oxygen atoms in total. The van der Waals surface area contributed by atoms with E-state index in [1.807, 2.05) is 35.2 Å². The number of anilines is 3. The zero-order chi connectivity index (χ0) is 19.3. The van der Waals surface area contributed by atoms with E-state index < -0.39 is 0 Å². The Kier molecular flexibility index (Phi) is 5.43. The normalized spacial score (nSPS) is 14.0. The van der Waals surface area contributed by atoms with Crippen molar-refractivity contribution in [2.24, 2.45) is 0 Å². The van der Waals surface area contributed by atoms with Crippen LogP contribution in [0.4, 0.5) is 17.5 Å². The summed E-state index contributed by atoms with van der Waals surface area (Å²) in [6, 6.07) is 11.2. The van der Waals surface area contributed by atoms with Crippen molar-refractivity contribution in [2.75, 3.05) is 36.4 Å². The highest BCUT2D eigenvalue weighted by Crippen LogP contribution is 2.18. The van der Waals surface area contributed by atoms with Crippen LogP contribution in [0.15, 0.2) is 59.5 Å². The maximum atomic E-state index is 12.6. The molecule has 0 bridgehead atoms. The van der Waals surface area contributed by atoms with Crippen molar-refractivity contribution in [3.8, 4) is 0 Å². The fraction of sp³-hybridized carbons (Fsp3) is 0.211. The molecule has 28 heavy (non-hydrogen) atoms. The van der Waals surface area contributed by atoms with E-state index in [1.165, 1.54) is 0 Å². The molecule has 1 amide bonds. The minimum Gasteiger partial charge on any atom is -0.352 e. The van der Waals surface area contributed by atoms with Gasteiger partial charge in [0.15, 0.2) is 11.6 Å². The summed E-state index contributed by atoms with van der Waals surface area (Å²) in [7, 11) is 0. The molecule has 4 rings (SSSR count). The number of amides is 1. The summed E-state index contributed by atoms with van der Waals surface area (Å²) in [6.07, 6.45) is 4.98. The predicted octanol–water partition coefficient (Wildman–Crippen LogP) is 2.74. The molecule has 142 valence electrons. The number of nitrogens with zero attached hydrogens (tertiary/aromatic N) is 6. The van der Waals surface area contributed by atoms with Gasteiger partial charge in [-0.1, -0.05) is 6.07 Å². The fourth-order valence-electron chi connectivity index (χ4n) is 2.98. The molecule has 3 aromatic heterocycles. The van der Waals surface area contributed by atoms with E-state index in [0.717, 1.165) is 16.1 Å². The zero-order valence-corrected chi connectivity index (χ0v) is 16.6. The Labute approximate surface area is 170 Å². The number of nitrogens with one attached hydrogen (secondary N) is 1. The average molecular weight is 440 g/mol. The lowest BCUT2D eigenvalue weighted by molar-refractivity contribution is 0.0746. The maximum Gasteiger partial charge on any atom is 0.255 e. The van der Waals surface area contributed by atoms with Crippen molar-refractivity contribution in [1.29, 1.82) is 0 Å². The predicted molar refractivity (Wildman–Crippen MR) is 110 cm³/mol. The second kappa shape index (κ2) is 8.30. The van der Waals surface area contributed by atoms with Crippen molar-refractivity contribution < 1.29 is 4.79 Å². The molecular formula is C19H18BrN7O. The molecule has 0 saturated carbocycles. The lowest BCUT2D eigenvalue weighted by Gasteiger charge is -2.35. The van der Waals surface area contributed by atoms with Crippen LogP contribution in [0.25, 0.3) is 0 Å². The highest BCUT2D eigenvalue weighted by Gasteiger charge is 2.23. The quantitative estimate of drug-likeness (QED) is 0.668. The van der Waals surface area contributed by atoms with Crippen LogP contribution in [0.2, 0.25) is 0 Å². The Morgan fingerprint density at radius 3 is 2.54 bits per heavy atom. The van der Waals surface area contributed by atoms with Crippen LogP contribution >= 0.6 is 15.9 Å². The van der Waals surface area contributed by atoms with E-state index in [-0.39, 0.29) is 5.91 Å². The van der Waals surface area contributed by atoms with Gasteiger partial charge in [0.25, 0.3) is 5.91 Å². The lowest BCUT2D eigenvalue weighted by Crippen LogP contribution is -2.49. The number of carbonyl (C=O) groups is 1. The maximum absolute atomic E-state index is 12.6. The van der Waals surface area contributed by atoms with Gasteiger partial charge in [-0.15, -0.1) is 10.2 Å². The van der Waals surface area contributed by atoms with Gasteiger partial charge in [-0.25, -0.2) is 4.98 Å². The molecule has 0 spiro atoms. The van der Waals surface area contributed by atoms with Gasteiger partial charge in [0.05, 0.1) is 5.56 Å². The van der Waals surface area contributed by atoms with Crippen molar-refractivity contribution in [2.45, 2.75) is 0 Å². The molecule has 1 fully saturated rings. The Balaban J connectivity index is 1.35. The third-order valence-corrected chi connectivity index (χ3v) is 4.85. The van der Waals surface area contributed by atoms with Crippen LogP contribution in [0.1, 0.15) is 10.4 Å². The van der Waals surface area contributed by atoms with E-state index >= 15 is 0 Å². The molecule has 1 aliphatic heterocycles. The van der Waals surface area contributed by atoms with Crippen LogP contribution < -0.4 is 10.2 Å². The molecule has 1 saturated heterocycles. The van der Waals surface area contributed by atoms with Crippen LogP contribution in [0.3, 0.4) is 0 Å². The first-order valence-electron chi connectivity index (χ1n) is 8.85. The third kappa shape index (κ3) is 4.25. The van der Waals surface area contributed by atoms with E-state index in [9.17, 15) is 4.79 Å². The van der Waals surface area contributed by atoms with Gasteiger partial charge in [0.1, 0.15) is 5.82 Å². The Morgan fingerprint density at radius 2 is 1.86 bits per heavy atom. The van der Waals surface area contributed by atoms with Crippen molar-refractivity contribution in [3.05, 3.63) is 65.0 Å². The minimum absolute atomic E-state index is 0.00515. The molecule has 9 heteroatoms. The summed E-state index contributed by atoms with van der Waals surface area (Å²) in [5.41, 5.74) is 0.590. The summed E-state index contributed by atoms with van der Waals surface area (Å²) < 4.78 is 0.798. The number of hydrogen-bond donors (Lipinski definition) is 1. The summed E-state index contributed by atoms with van der Waals surface area (Å²) in [5, 5.41) is 11.6. The van der Waals surface area contributed by atoms with Crippen molar-refractivity contribution >= 4 is 39.3 Å². The highest BCUT2D eigenvalue weighted by atomic mass is 79.9. The highest BCUT2D eigenvalue weighted by molar-refractivity contribution is 9.10. The standard InChI is InChI=1S/C19H18BrN7O/c20-15-11-14(12-21-13-15)19(28)27-9-7-26(8-10-27)18-5-4-17(24-25-18)23-16-3-1-2-6-22-16/h1-6,11-13H,7-10H2,(H,22,23,24). The molecule has 0 atom stereocenters. The zero-order valence-electron chi connectivity index (χ0n) is 15.0. The number of piperazine rings is 1. The van der Waals surface area contributed by atoms with Gasteiger partial charge in [0.2, 0.25) is 0 Å². The Morgan fingerprint density at radius 1 is 1.00 bits per heavy atom. The first kappa shape index (κ1) is 18.3. The summed E-state index contributed by atoms with van der Waals surface area (Å²) in [5.74, 6) is 2.15. The second-order valence-corrected chi connectivity index (χ2v) is 7.20. The second-order valence-electron chi connectivity index (χ2n) is 6.29. The van der Waals surface area contributed by atoms with E-state index in [1.54, 1.807) is 24.7 Å². The fourth-order valence-corrected chi connectivity index (χ4v) is 3.34. The van der Waals surface area contributed by atoms with Crippen LogP contribution in [0, 0.1) is 0 Å². The van der Waals surface area contributed by atoms with Gasteiger partial charge < -0.3 is 15.1 Å². The SMILES string of the molecule is O=C(c1cncc(Br)c1)N1CCN(c2ccc(Nc3ccccn3)nn2)CC1. The number of halogens is 1. The van der Waals surface area contributed by atoms with Crippen LogP contribution in [0.5, 0.6) is 0 Å². The average Bonchev–Trinajstić information content (AvgIpc) is 2.75. The first-order chi connectivity index (χ1) is 13.7. The molecule has 0 aromatic carbocycles. The van der Waals surface area contributed by atoms with Gasteiger partial charge in [-0.3, -0.25) is 9.78 Å². The summed E-state index contributed by atoms with van der Waals surface area (Å²) in [6.45, 7) is 2.66. The first-order valence-corrected chi connectivity index (χ1v) is 9.65. The van der Waals surface area contributed by atoms with Gasteiger partial charge >= 0.3 is 0 Å². The summed E-state index contributed by atoms with van der Waals surface area (Å²) >= 11 is 3.36. The Hall–Kier alpha value is -3.07. The largest absolute Gasteiger partial charge is 0.352 e. The van der Waals surface area contributed by atoms with Crippen molar-refractivity contribution in [1.82, 2.24) is 25.1 Å². The molecule has 4 heterocycles. The van der Waals surface area contributed by atoms with Gasteiger partial charge in [-0.2, -0.15) is 0 Å². The molecular weight excluding hydrogens is 422 g/mol. The van der Waals surface area contributed by atoms with Crippen LogP contribution in [-0.4, -0.2) is 57.2 Å². The number of pyridine rings is 2. The molecule has 1 N–H and O–H groups in total. The molecule has 1 aliphatic rings. The van der Waals surface area contributed by atoms with Gasteiger partial charge in [0, 0.05) is 49.2 Å². The van der Waals surface area contributed by atoms with E-state index in [4.69, 9.17) is 0 Å². The van der Waals surface area contributed by atoms with Gasteiger partial charge in [-0.05, 0) is 46.3 Å². The molecule has 0 radical (unpaired) electrons. The van der Waals surface area contributed by atoms with E-state index in [0.29, 0.717) is 37.6 Å². The van der Waals surface area contributed by atoms with E-state index in [2.05, 4.69) is 46.3 Å². The number of aromatic nitrogens is 4. The van der Waals surface area contributed by atoms with Crippen molar-refractivity contribution in [3.63, 3.8) is 0 Å². The number of rotatable bonds is 4. The molecule has 3 aromatic rings. The topological polar surface area (TPSA) is 87.1 Å². The summed E-state index contributed by atoms with van der Waals surface area (Å²) in [4.78, 5) is 24.9. The molecule has 0 unspecified atom stereocenters. The number of carbonyl (C=O) groups excluding carboxylic acids is 1. The van der Waals surface area contributed by atoms with Crippen LogP contribution in [-0.2, 0) is 0 Å². The monoisotopic (exact) mass is 439 g/mol. The third-order valence-electron chi connectivity index (χ3n) is 4.41. The smallest absolute Gasteiger partial charge is 0.255 e. The lowest BCUT2D eigenvalue weighted by atomic mass is 10.2. The molecule has 0 aliphatic carbocycles.